The van der Waals surface area contributed by atoms with E-state index in [1.165, 1.54) is 11.4 Å². The lowest BCUT2D eigenvalue weighted by molar-refractivity contribution is 0.380. The predicted octanol–water partition coefficient (Wildman–Crippen LogP) is 2.93. The van der Waals surface area contributed by atoms with Crippen LogP contribution in [-0.4, -0.2) is 37.8 Å². The van der Waals surface area contributed by atoms with Crippen molar-refractivity contribution in [1.82, 2.24) is 4.31 Å². The molecule has 1 rings (SSSR count). The number of hydrogen-bond acceptors (Lipinski definition) is 4. The third kappa shape index (κ3) is 3.87. The predicted molar refractivity (Wildman–Crippen MR) is 85.9 cm³/mol. The maximum absolute atomic E-state index is 13.9. The van der Waals surface area contributed by atoms with Gasteiger partial charge in [-0.3, -0.25) is 0 Å². The van der Waals surface area contributed by atoms with Gasteiger partial charge < -0.3 is 5.73 Å². The average molecular weight is 385 g/mol. The van der Waals surface area contributed by atoms with Crippen molar-refractivity contribution in [2.45, 2.75) is 24.3 Å². The van der Waals surface area contributed by atoms with Crippen molar-refractivity contribution in [3.05, 3.63) is 22.4 Å². The summed E-state index contributed by atoms with van der Waals surface area (Å²) in [5, 5.41) is 0. The Bertz CT molecular complexity index is 581. The van der Waals surface area contributed by atoms with Gasteiger partial charge >= 0.3 is 0 Å². The third-order valence-corrected chi connectivity index (χ3v) is 6.39. The molecule has 20 heavy (non-hydrogen) atoms. The Hall–Kier alpha value is -0.310. The molecule has 0 heterocycles. The molecule has 0 saturated carbocycles. The molecule has 2 N–H and O–H groups in total. The van der Waals surface area contributed by atoms with Crippen LogP contribution < -0.4 is 5.73 Å². The summed E-state index contributed by atoms with van der Waals surface area (Å²) in [4.78, 5) is -0.392. The zero-order chi connectivity index (χ0) is 15.5. The molecule has 0 radical (unpaired) electrons. The van der Waals surface area contributed by atoms with Crippen LogP contribution >= 0.6 is 27.7 Å². The second-order valence-corrected chi connectivity index (χ2v) is 8.26. The van der Waals surface area contributed by atoms with Crippen LogP contribution in [0.5, 0.6) is 0 Å². The largest absolute Gasteiger partial charge is 0.398 e. The van der Waals surface area contributed by atoms with Crippen LogP contribution in [0.4, 0.5) is 10.1 Å². The van der Waals surface area contributed by atoms with Gasteiger partial charge in [0.1, 0.15) is 10.7 Å². The van der Waals surface area contributed by atoms with E-state index in [-0.39, 0.29) is 11.7 Å². The van der Waals surface area contributed by atoms with Gasteiger partial charge in [0.15, 0.2) is 0 Å². The van der Waals surface area contributed by atoms with Gasteiger partial charge in [-0.1, -0.05) is 0 Å². The lowest BCUT2D eigenvalue weighted by Crippen LogP contribution is -2.36. The van der Waals surface area contributed by atoms with Gasteiger partial charge in [0.25, 0.3) is 0 Å². The maximum Gasteiger partial charge on any atom is 0.246 e. The van der Waals surface area contributed by atoms with Gasteiger partial charge in [-0.15, -0.1) is 0 Å². The second-order valence-electron chi connectivity index (χ2n) is 4.46. The van der Waals surface area contributed by atoms with Crippen LogP contribution in [0.2, 0.25) is 0 Å². The minimum absolute atomic E-state index is 0.190. The number of anilines is 1. The van der Waals surface area contributed by atoms with Crippen LogP contribution in [0.1, 0.15) is 13.3 Å². The first-order valence-corrected chi connectivity index (χ1v) is 9.56. The number of benzene rings is 1. The summed E-state index contributed by atoms with van der Waals surface area (Å²) >= 11 is 4.71. The van der Waals surface area contributed by atoms with E-state index in [9.17, 15) is 12.8 Å². The van der Waals surface area contributed by atoms with Gasteiger partial charge in [0.2, 0.25) is 10.0 Å². The molecule has 8 heteroatoms. The van der Waals surface area contributed by atoms with E-state index in [0.29, 0.717) is 10.9 Å². The van der Waals surface area contributed by atoms with Crippen LogP contribution in [0, 0.1) is 5.82 Å². The second kappa shape index (κ2) is 7.11. The topological polar surface area (TPSA) is 63.4 Å². The molecule has 4 nitrogen and oxygen atoms in total. The molecule has 0 spiro atoms. The Balaban J connectivity index is 3.13. The number of halogens is 2. The summed E-state index contributed by atoms with van der Waals surface area (Å²) in [6.07, 6.45) is 2.65. The maximum atomic E-state index is 13.9. The molecule has 1 aromatic carbocycles. The lowest BCUT2D eigenvalue weighted by Gasteiger charge is -2.24. The smallest absolute Gasteiger partial charge is 0.246 e. The molecular formula is C12H18BrFN2O2S2. The number of nitrogens with two attached hydrogens (primary N) is 1. The van der Waals surface area contributed by atoms with Crippen molar-refractivity contribution >= 4 is 43.4 Å². The number of thioether (sulfide) groups is 1. The third-order valence-electron chi connectivity index (χ3n) is 3.07. The van der Waals surface area contributed by atoms with E-state index in [0.717, 1.165) is 17.9 Å². The van der Waals surface area contributed by atoms with E-state index in [1.807, 2.05) is 6.26 Å². The minimum Gasteiger partial charge on any atom is -0.398 e. The Morgan fingerprint density at radius 2 is 2.10 bits per heavy atom. The quantitative estimate of drug-likeness (QED) is 0.765. The molecule has 0 bridgehead atoms. The van der Waals surface area contributed by atoms with Gasteiger partial charge in [0.05, 0.1) is 0 Å². The first-order valence-electron chi connectivity index (χ1n) is 5.93. The summed E-state index contributed by atoms with van der Waals surface area (Å²) in [6.45, 7) is 1.80. The molecule has 0 amide bonds. The fourth-order valence-electron chi connectivity index (χ4n) is 1.60. The molecule has 0 aliphatic heterocycles. The number of rotatable bonds is 6. The summed E-state index contributed by atoms with van der Waals surface area (Å²) in [5.74, 6) is 0.0291. The van der Waals surface area contributed by atoms with E-state index in [4.69, 9.17) is 5.73 Å². The fourth-order valence-corrected chi connectivity index (χ4v) is 3.97. The molecule has 0 aromatic heterocycles. The van der Waals surface area contributed by atoms with Crippen molar-refractivity contribution in [2.24, 2.45) is 0 Å². The summed E-state index contributed by atoms with van der Waals surface area (Å²) in [7, 11) is -2.43. The lowest BCUT2D eigenvalue weighted by atomic mass is 10.3. The monoisotopic (exact) mass is 384 g/mol. The van der Waals surface area contributed by atoms with E-state index >= 15 is 0 Å². The zero-order valence-corrected chi connectivity index (χ0v) is 14.8. The van der Waals surface area contributed by atoms with Crippen LogP contribution in [-0.2, 0) is 10.0 Å². The summed E-state index contributed by atoms with van der Waals surface area (Å²) in [6, 6.07) is 2.01. The summed E-state index contributed by atoms with van der Waals surface area (Å²) in [5.41, 5.74) is 5.83. The van der Waals surface area contributed by atoms with Crippen molar-refractivity contribution in [3.63, 3.8) is 0 Å². The van der Waals surface area contributed by atoms with Gasteiger partial charge in [-0.25, -0.2) is 12.8 Å². The van der Waals surface area contributed by atoms with Crippen LogP contribution in [0.15, 0.2) is 21.5 Å². The van der Waals surface area contributed by atoms with E-state index in [2.05, 4.69) is 15.9 Å². The Morgan fingerprint density at radius 1 is 1.50 bits per heavy atom. The Kier molecular flexibility index (Phi) is 6.30. The SMILES string of the molecule is CSCCC(C)N(C)S(=O)(=O)c1cc(N)c(Br)cc1F. The van der Waals surface area contributed by atoms with Gasteiger partial charge in [0, 0.05) is 23.2 Å². The number of nitrogens with zero attached hydrogens (tertiary/aromatic N) is 1. The van der Waals surface area contributed by atoms with Gasteiger partial charge in [-0.05, 0) is 53.4 Å². The molecule has 0 fully saturated rings. The molecular weight excluding hydrogens is 367 g/mol. The molecule has 0 aliphatic carbocycles. The highest BCUT2D eigenvalue weighted by molar-refractivity contribution is 9.10. The molecule has 0 aliphatic rings. The van der Waals surface area contributed by atoms with Crippen LogP contribution in [0.3, 0.4) is 0 Å². The summed E-state index contributed by atoms with van der Waals surface area (Å²) < 4.78 is 40.3. The Labute approximate surface area is 132 Å². The van der Waals surface area contributed by atoms with Gasteiger partial charge in [-0.2, -0.15) is 16.1 Å². The molecule has 1 unspecified atom stereocenters. The van der Waals surface area contributed by atoms with Crippen molar-refractivity contribution < 1.29 is 12.8 Å². The number of sulfonamides is 1. The first kappa shape index (κ1) is 17.7. The molecule has 0 saturated heterocycles. The molecule has 1 atom stereocenters. The van der Waals surface area contributed by atoms with Crippen molar-refractivity contribution in [3.8, 4) is 0 Å². The number of nitrogen functional groups attached to an aromatic ring is 1. The number of hydrogen-bond donors (Lipinski definition) is 1. The fraction of sp³-hybridized carbons (Fsp3) is 0.500. The Morgan fingerprint density at radius 3 is 2.65 bits per heavy atom. The molecule has 1 aromatic rings. The van der Waals surface area contributed by atoms with E-state index < -0.39 is 20.7 Å². The zero-order valence-electron chi connectivity index (χ0n) is 11.6. The standard InChI is InChI=1S/C12H18BrFN2O2S2/c1-8(4-5-19-3)16(2)20(17,18)12-7-11(15)9(13)6-10(12)14/h6-8H,4-5,15H2,1-3H3. The normalized spacial score (nSPS) is 13.7. The highest BCUT2D eigenvalue weighted by Crippen LogP contribution is 2.28. The van der Waals surface area contributed by atoms with E-state index in [1.54, 1.807) is 18.7 Å². The highest BCUT2D eigenvalue weighted by Gasteiger charge is 2.28. The first-order chi connectivity index (χ1) is 9.21. The van der Waals surface area contributed by atoms with Crippen LogP contribution in [0.25, 0.3) is 0 Å². The molecule has 114 valence electrons. The van der Waals surface area contributed by atoms with Crippen molar-refractivity contribution in [2.75, 3.05) is 24.8 Å². The van der Waals surface area contributed by atoms with Crippen molar-refractivity contribution in [1.29, 1.82) is 0 Å². The highest BCUT2D eigenvalue weighted by atomic mass is 79.9. The minimum atomic E-state index is -3.89. The average Bonchev–Trinajstić information content (AvgIpc) is 2.38.